The summed E-state index contributed by atoms with van der Waals surface area (Å²) in [4.78, 5) is 12.2. The molecule has 0 saturated heterocycles. The van der Waals surface area contributed by atoms with Gasteiger partial charge in [-0.2, -0.15) is 0 Å². The molecule has 4 nitrogen and oxygen atoms in total. The molecule has 2 aromatic carbocycles. The fourth-order valence-corrected chi connectivity index (χ4v) is 2.67. The van der Waals surface area contributed by atoms with Gasteiger partial charge in [-0.25, -0.2) is 0 Å². The Hall–Kier alpha value is -2.40. The molecule has 0 aliphatic rings. The number of amides is 1. The number of hydrogen-bond donors (Lipinski definition) is 1. The smallest absolute Gasteiger partial charge is 0.259 e. The topological polar surface area (TPSA) is 55.1 Å². The highest BCUT2D eigenvalue weighted by Gasteiger charge is 2.13. The molecular weight excluding hydrogens is 356 g/mol. The number of aryl methyl sites for hydroxylation is 1. The molecule has 0 radical (unpaired) electrons. The van der Waals surface area contributed by atoms with Crippen molar-refractivity contribution in [3.8, 4) is 11.3 Å². The number of anilines is 1. The van der Waals surface area contributed by atoms with Gasteiger partial charge in [0, 0.05) is 16.1 Å². The molecule has 3 aromatic rings. The van der Waals surface area contributed by atoms with Crippen LogP contribution >= 0.6 is 15.9 Å². The van der Waals surface area contributed by atoms with E-state index in [2.05, 4.69) is 45.5 Å². The maximum absolute atomic E-state index is 12.2. The number of nitrogens with one attached hydrogen (secondary N) is 1. The van der Waals surface area contributed by atoms with Crippen molar-refractivity contribution >= 4 is 27.7 Å². The lowest BCUT2D eigenvalue weighted by Gasteiger charge is -2.02. The molecular formula is C18H15BrN2O2. The Morgan fingerprint density at radius 3 is 2.61 bits per heavy atom. The van der Waals surface area contributed by atoms with Crippen LogP contribution in [-0.2, 0) is 6.42 Å². The van der Waals surface area contributed by atoms with Gasteiger partial charge in [-0.15, -0.1) is 0 Å². The third-order valence-corrected chi connectivity index (χ3v) is 4.21. The highest BCUT2D eigenvalue weighted by Crippen LogP contribution is 2.23. The zero-order valence-corrected chi connectivity index (χ0v) is 14.1. The number of rotatable bonds is 4. The molecule has 0 saturated carbocycles. The van der Waals surface area contributed by atoms with Crippen LogP contribution in [0.5, 0.6) is 0 Å². The van der Waals surface area contributed by atoms with Crippen LogP contribution in [0.25, 0.3) is 11.3 Å². The van der Waals surface area contributed by atoms with Gasteiger partial charge in [0.05, 0.1) is 5.56 Å². The summed E-state index contributed by atoms with van der Waals surface area (Å²) in [7, 11) is 0. The van der Waals surface area contributed by atoms with Crippen molar-refractivity contribution in [2.45, 2.75) is 13.3 Å². The first-order valence-electron chi connectivity index (χ1n) is 7.29. The van der Waals surface area contributed by atoms with E-state index in [-0.39, 0.29) is 5.91 Å². The minimum atomic E-state index is -0.249. The highest BCUT2D eigenvalue weighted by atomic mass is 79.9. The number of hydrogen-bond acceptors (Lipinski definition) is 3. The van der Waals surface area contributed by atoms with E-state index in [0.29, 0.717) is 17.1 Å². The molecule has 23 heavy (non-hydrogen) atoms. The number of halogens is 1. The molecule has 0 spiro atoms. The van der Waals surface area contributed by atoms with E-state index in [0.717, 1.165) is 16.5 Å². The largest absolute Gasteiger partial charge is 0.338 e. The van der Waals surface area contributed by atoms with Crippen LogP contribution in [0.3, 0.4) is 0 Å². The Bertz CT molecular complexity index is 825. The van der Waals surface area contributed by atoms with E-state index in [1.165, 1.54) is 5.56 Å². The average molecular weight is 371 g/mol. The molecule has 0 unspecified atom stereocenters. The third kappa shape index (κ3) is 3.51. The molecule has 0 aliphatic heterocycles. The van der Waals surface area contributed by atoms with E-state index in [4.69, 9.17) is 4.52 Å². The van der Waals surface area contributed by atoms with Gasteiger partial charge in [-0.1, -0.05) is 48.5 Å². The maximum Gasteiger partial charge on any atom is 0.259 e. The molecule has 1 N–H and O–H groups in total. The van der Waals surface area contributed by atoms with E-state index >= 15 is 0 Å². The predicted octanol–water partition coefficient (Wildman–Crippen LogP) is 4.92. The molecule has 0 bridgehead atoms. The van der Waals surface area contributed by atoms with Crippen molar-refractivity contribution in [3.63, 3.8) is 0 Å². The molecule has 1 amide bonds. The number of nitrogens with zero attached hydrogens (tertiary/aromatic N) is 1. The van der Waals surface area contributed by atoms with Crippen LogP contribution < -0.4 is 5.32 Å². The third-order valence-electron chi connectivity index (χ3n) is 3.52. The zero-order chi connectivity index (χ0) is 16.2. The van der Waals surface area contributed by atoms with E-state index < -0.39 is 0 Å². The maximum atomic E-state index is 12.2. The van der Waals surface area contributed by atoms with E-state index in [9.17, 15) is 4.79 Å². The molecule has 0 fully saturated rings. The molecule has 0 aliphatic carbocycles. The molecule has 1 heterocycles. The van der Waals surface area contributed by atoms with Gasteiger partial charge in [0.25, 0.3) is 5.91 Å². The van der Waals surface area contributed by atoms with Crippen LogP contribution in [0.4, 0.5) is 5.88 Å². The fraction of sp³-hybridized carbons (Fsp3) is 0.111. The summed E-state index contributed by atoms with van der Waals surface area (Å²) in [6, 6.07) is 17.0. The Labute approximate surface area is 142 Å². The van der Waals surface area contributed by atoms with E-state index in [1.807, 2.05) is 24.3 Å². The first-order chi connectivity index (χ1) is 11.2. The quantitative estimate of drug-likeness (QED) is 0.708. The molecule has 5 heteroatoms. The van der Waals surface area contributed by atoms with Gasteiger partial charge < -0.3 is 4.52 Å². The van der Waals surface area contributed by atoms with Crippen molar-refractivity contribution in [2.75, 3.05) is 5.32 Å². The monoisotopic (exact) mass is 370 g/mol. The normalized spacial score (nSPS) is 10.5. The number of benzene rings is 2. The van der Waals surface area contributed by atoms with Gasteiger partial charge >= 0.3 is 0 Å². The molecule has 116 valence electrons. The second kappa shape index (κ2) is 6.79. The number of aromatic nitrogens is 1. The van der Waals surface area contributed by atoms with Gasteiger partial charge in [-0.05, 0) is 40.0 Å². The van der Waals surface area contributed by atoms with Crippen LogP contribution in [0, 0.1) is 0 Å². The van der Waals surface area contributed by atoms with E-state index in [1.54, 1.807) is 18.2 Å². The van der Waals surface area contributed by atoms with Gasteiger partial charge in [0.15, 0.2) is 0 Å². The highest BCUT2D eigenvalue weighted by molar-refractivity contribution is 9.10. The first-order valence-corrected chi connectivity index (χ1v) is 8.08. The minimum absolute atomic E-state index is 0.249. The van der Waals surface area contributed by atoms with Gasteiger partial charge in [-0.3, -0.25) is 10.1 Å². The lowest BCUT2D eigenvalue weighted by molar-refractivity contribution is 0.102. The predicted molar refractivity (Wildman–Crippen MR) is 93.4 cm³/mol. The summed E-state index contributed by atoms with van der Waals surface area (Å²) in [5.41, 5.74) is 3.44. The van der Waals surface area contributed by atoms with Gasteiger partial charge in [0.1, 0.15) is 5.69 Å². The number of carbonyl (C=O) groups excluding carboxylic acids is 1. The first kappa shape index (κ1) is 15.5. The van der Waals surface area contributed by atoms with Crippen molar-refractivity contribution in [2.24, 2.45) is 0 Å². The van der Waals surface area contributed by atoms with Crippen molar-refractivity contribution in [1.29, 1.82) is 0 Å². The van der Waals surface area contributed by atoms with Crippen molar-refractivity contribution < 1.29 is 9.32 Å². The fourth-order valence-electron chi connectivity index (χ4n) is 2.21. The van der Waals surface area contributed by atoms with Crippen molar-refractivity contribution in [3.05, 3.63) is 70.2 Å². The molecule has 0 atom stereocenters. The van der Waals surface area contributed by atoms with Crippen molar-refractivity contribution in [1.82, 2.24) is 5.16 Å². The van der Waals surface area contributed by atoms with Crippen LogP contribution in [0.15, 0.2) is 63.6 Å². The standard InChI is InChI=1S/C18H15BrN2O2/c1-2-12-7-9-13(10-8-12)16-11-17(23-21-16)20-18(22)14-5-3-4-6-15(14)19/h3-11H,2H2,1H3,(H,20,22). The Kier molecular flexibility index (Phi) is 4.57. The second-order valence-corrected chi connectivity index (χ2v) is 5.92. The summed E-state index contributed by atoms with van der Waals surface area (Å²) >= 11 is 3.36. The van der Waals surface area contributed by atoms with Gasteiger partial charge in [0.2, 0.25) is 5.88 Å². The summed E-state index contributed by atoms with van der Waals surface area (Å²) in [5.74, 6) is 0.0711. The zero-order valence-electron chi connectivity index (χ0n) is 12.5. The summed E-state index contributed by atoms with van der Waals surface area (Å²) in [6.07, 6.45) is 0.992. The molecule has 1 aromatic heterocycles. The Balaban J connectivity index is 1.76. The number of carbonyl (C=O) groups is 1. The van der Waals surface area contributed by atoms with Crippen LogP contribution in [-0.4, -0.2) is 11.1 Å². The molecule has 3 rings (SSSR count). The van der Waals surface area contributed by atoms with Crippen LogP contribution in [0.2, 0.25) is 0 Å². The SMILES string of the molecule is CCc1ccc(-c2cc(NC(=O)c3ccccc3Br)on2)cc1. The lowest BCUT2D eigenvalue weighted by Crippen LogP contribution is -2.11. The summed E-state index contributed by atoms with van der Waals surface area (Å²) < 4.78 is 5.94. The Morgan fingerprint density at radius 2 is 1.91 bits per heavy atom. The summed E-state index contributed by atoms with van der Waals surface area (Å²) in [5, 5.41) is 6.72. The van der Waals surface area contributed by atoms with Crippen LogP contribution in [0.1, 0.15) is 22.8 Å². The lowest BCUT2D eigenvalue weighted by atomic mass is 10.1. The Morgan fingerprint density at radius 1 is 1.17 bits per heavy atom. The minimum Gasteiger partial charge on any atom is -0.338 e. The average Bonchev–Trinajstić information content (AvgIpc) is 3.03. The second-order valence-electron chi connectivity index (χ2n) is 5.06. The summed E-state index contributed by atoms with van der Waals surface area (Å²) in [6.45, 7) is 2.11.